The quantitative estimate of drug-likeness (QED) is 0.147. The lowest BCUT2D eigenvalue weighted by atomic mass is 10.2. The molecular weight excluding hydrogens is 353 g/mol. The van der Waals surface area contributed by atoms with E-state index in [4.69, 9.17) is 5.11 Å². The first-order valence-electron chi connectivity index (χ1n) is 5.10. The second-order valence-electron chi connectivity index (χ2n) is 3.43. The van der Waals surface area contributed by atoms with Crippen LogP contribution in [0.5, 0.6) is 0 Å². The maximum Gasteiger partial charge on any atom is 0.534 e. The molecule has 0 aliphatic rings. The molecule has 0 aliphatic carbocycles. The van der Waals surface area contributed by atoms with Crippen molar-refractivity contribution in [2.45, 2.75) is 5.51 Å². The van der Waals surface area contributed by atoms with E-state index < -0.39 is 38.6 Å². The number of aliphatic carboxylic acids is 1. The molecule has 0 saturated carbocycles. The Bertz CT molecular complexity index is 722. The molecule has 0 unspecified atom stereocenters. The smallest absolute Gasteiger partial charge is 0.477 e. The summed E-state index contributed by atoms with van der Waals surface area (Å²) in [6.45, 7) is 0. The first kappa shape index (κ1) is 17.9. The zero-order valence-corrected chi connectivity index (χ0v) is 12.2. The molecule has 2 N–H and O–H groups in total. The van der Waals surface area contributed by atoms with E-state index in [0.717, 1.165) is 16.8 Å². The molecule has 0 atom stereocenters. The van der Waals surface area contributed by atoms with Gasteiger partial charge in [-0.05, 0) is 0 Å². The largest absolute Gasteiger partial charge is 0.534 e. The van der Waals surface area contributed by atoms with Gasteiger partial charge in [0.15, 0.2) is 12.0 Å². The SMILES string of the molecule is CNc1scnc1/C(OS(=O)(=O)C(F)(F)F)=C(\C=O)C(=O)O. The van der Waals surface area contributed by atoms with Gasteiger partial charge in [0.25, 0.3) is 0 Å². The highest BCUT2D eigenvalue weighted by molar-refractivity contribution is 7.87. The van der Waals surface area contributed by atoms with Crippen molar-refractivity contribution in [3.63, 3.8) is 0 Å². The van der Waals surface area contributed by atoms with E-state index in [0.29, 0.717) is 0 Å². The van der Waals surface area contributed by atoms with Crippen LogP contribution in [0.4, 0.5) is 18.2 Å². The van der Waals surface area contributed by atoms with Crippen LogP contribution in [0.2, 0.25) is 0 Å². The first-order valence-corrected chi connectivity index (χ1v) is 7.39. The number of halogens is 3. The second kappa shape index (κ2) is 6.31. The maximum absolute atomic E-state index is 12.4. The normalized spacial score (nSPS) is 13.3. The Labute approximate surface area is 125 Å². The topological polar surface area (TPSA) is 123 Å². The van der Waals surface area contributed by atoms with E-state index in [1.165, 1.54) is 7.05 Å². The Morgan fingerprint density at radius 3 is 2.50 bits per heavy atom. The van der Waals surface area contributed by atoms with Gasteiger partial charge in [-0.3, -0.25) is 4.79 Å². The molecule has 0 spiro atoms. The molecule has 13 heteroatoms. The number of carbonyl (C=O) groups excluding carboxylic acids is 1. The Morgan fingerprint density at radius 1 is 1.50 bits per heavy atom. The summed E-state index contributed by atoms with van der Waals surface area (Å²) in [5, 5.41) is 11.3. The van der Waals surface area contributed by atoms with Crippen LogP contribution in [0.15, 0.2) is 11.1 Å². The van der Waals surface area contributed by atoms with Crippen LogP contribution < -0.4 is 5.32 Å². The minimum absolute atomic E-state index is 0.00738. The van der Waals surface area contributed by atoms with Crippen LogP contribution in [-0.4, -0.2) is 43.3 Å². The number of aromatic nitrogens is 1. The molecule has 0 aliphatic heterocycles. The third-order valence-electron chi connectivity index (χ3n) is 2.08. The lowest BCUT2D eigenvalue weighted by molar-refractivity contribution is -0.133. The number of hydrogen-bond donors (Lipinski definition) is 2. The van der Waals surface area contributed by atoms with Crippen molar-refractivity contribution in [2.75, 3.05) is 12.4 Å². The molecule has 0 amide bonds. The fraction of sp³-hybridized carbons (Fsp3) is 0.222. The van der Waals surface area contributed by atoms with Gasteiger partial charge in [0.2, 0.25) is 0 Å². The van der Waals surface area contributed by atoms with E-state index in [1.54, 1.807) is 0 Å². The average molecular weight is 360 g/mol. The number of alkyl halides is 3. The van der Waals surface area contributed by atoms with Gasteiger partial charge in [0, 0.05) is 7.05 Å². The summed E-state index contributed by atoms with van der Waals surface area (Å²) >= 11 is 0.830. The van der Waals surface area contributed by atoms with Crippen molar-refractivity contribution < 1.29 is 40.5 Å². The van der Waals surface area contributed by atoms with E-state index in [-0.39, 0.29) is 11.3 Å². The summed E-state index contributed by atoms with van der Waals surface area (Å²) in [6.07, 6.45) is -0.345. The van der Waals surface area contributed by atoms with Gasteiger partial charge in [-0.1, -0.05) is 0 Å². The Morgan fingerprint density at radius 2 is 2.09 bits per heavy atom. The van der Waals surface area contributed by atoms with Crippen molar-refractivity contribution >= 4 is 44.5 Å². The highest BCUT2D eigenvalue weighted by Gasteiger charge is 2.49. The van der Waals surface area contributed by atoms with Crippen LogP contribution in [0.3, 0.4) is 0 Å². The number of thiazole rings is 1. The molecule has 0 aromatic carbocycles. The van der Waals surface area contributed by atoms with E-state index in [9.17, 15) is 31.2 Å². The van der Waals surface area contributed by atoms with E-state index >= 15 is 0 Å². The highest BCUT2D eigenvalue weighted by atomic mass is 32.2. The summed E-state index contributed by atoms with van der Waals surface area (Å²) in [5.74, 6) is -3.30. The minimum Gasteiger partial charge on any atom is -0.477 e. The summed E-state index contributed by atoms with van der Waals surface area (Å²) in [6, 6.07) is 0. The number of carbonyl (C=O) groups is 2. The van der Waals surface area contributed by atoms with Gasteiger partial charge < -0.3 is 14.6 Å². The van der Waals surface area contributed by atoms with Crippen molar-refractivity contribution in [2.24, 2.45) is 0 Å². The number of aldehydes is 1. The van der Waals surface area contributed by atoms with Gasteiger partial charge in [-0.2, -0.15) is 21.6 Å². The molecule has 0 fully saturated rings. The lowest BCUT2D eigenvalue weighted by Gasteiger charge is -2.13. The minimum atomic E-state index is -6.18. The summed E-state index contributed by atoms with van der Waals surface area (Å²) < 4.78 is 63.1. The van der Waals surface area contributed by atoms with Gasteiger partial charge in [-0.15, -0.1) is 11.3 Å². The molecule has 1 rings (SSSR count). The monoisotopic (exact) mass is 360 g/mol. The average Bonchev–Trinajstić information content (AvgIpc) is 2.84. The summed E-state index contributed by atoms with van der Waals surface area (Å²) in [4.78, 5) is 25.2. The Balaban J connectivity index is 3.57. The van der Waals surface area contributed by atoms with Gasteiger partial charge >= 0.3 is 21.6 Å². The number of hydrogen-bond acceptors (Lipinski definition) is 8. The number of rotatable bonds is 6. The van der Waals surface area contributed by atoms with Gasteiger partial charge in [-0.25, -0.2) is 9.78 Å². The van der Waals surface area contributed by atoms with Crippen molar-refractivity contribution in [3.8, 4) is 0 Å². The van der Waals surface area contributed by atoms with Crippen LogP contribution in [-0.2, 0) is 23.9 Å². The molecule has 1 aromatic heterocycles. The first-order chi connectivity index (χ1) is 10.0. The number of nitrogens with one attached hydrogen (secondary N) is 1. The third kappa shape index (κ3) is 3.54. The van der Waals surface area contributed by atoms with Gasteiger partial charge in [0.05, 0.1) is 5.51 Å². The molecule has 1 heterocycles. The zero-order valence-electron chi connectivity index (χ0n) is 10.5. The van der Waals surface area contributed by atoms with Crippen LogP contribution in [0.1, 0.15) is 5.69 Å². The highest BCUT2D eigenvalue weighted by Crippen LogP contribution is 2.34. The Kier molecular flexibility index (Phi) is 5.13. The second-order valence-corrected chi connectivity index (χ2v) is 5.82. The van der Waals surface area contributed by atoms with Gasteiger partial charge in [0.1, 0.15) is 16.3 Å². The number of anilines is 1. The molecule has 0 radical (unpaired) electrons. The van der Waals surface area contributed by atoms with Crippen LogP contribution >= 0.6 is 11.3 Å². The molecule has 0 bridgehead atoms. The predicted molar refractivity (Wildman–Crippen MR) is 68.3 cm³/mol. The molecule has 0 saturated heterocycles. The van der Waals surface area contributed by atoms with E-state index in [1.807, 2.05) is 0 Å². The number of nitrogens with zero attached hydrogens (tertiary/aromatic N) is 1. The number of carboxylic acids is 1. The fourth-order valence-electron chi connectivity index (χ4n) is 1.16. The fourth-order valence-corrected chi connectivity index (χ4v) is 2.28. The summed E-state index contributed by atoms with van der Waals surface area (Å²) in [7, 11) is -4.85. The molecule has 122 valence electrons. The zero-order chi connectivity index (χ0) is 17.1. The van der Waals surface area contributed by atoms with Crippen molar-refractivity contribution in [3.05, 3.63) is 16.8 Å². The van der Waals surface area contributed by atoms with Crippen molar-refractivity contribution in [1.82, 2.24) is 4.98 Å². The standard InChI is InChI=1S/C9H7F3N2O6S2/c1-13-7-5(14-3-21-7)6(4(2-15)8(16)17)20-22(18,19)9(10,11)12/h2-3,13H,1H3,(H,16,17)/b6-4-. The third-order valence-corrected chi connectivity index (χ3v) is 3.88. The molecule has 1 aromatic rings. The Hall–Kier alpha value is -2.15. The molecular formula is C9H7F3N2O6S2. The van der Waals surface area contributed by atoms with E-state index in [2.05, 4.69) is 14.5 Å². The number of carboxylic acid groups (broad SMARTS) is 1. The lowest BCUT2D eigenvalue weighted by Crippen LogP contribution is -2.26. The summed E-state index contributed by atoms with van der Waals surface area (Å²) in [5.41, 5.74) is -6.59. The van der Waals surface area contributed by atoms with Crippen LogP contribution in [0.25, 0.3) is 5.76 Å². The van der Waals surface area contributed by atoms with Crippen LogP contribution in [0, 0.1) is 0 Å². The predicted octanol–water partition coefficient (Wildman–Crippen LogP) is 1.05. The maximum atomic E-state index is 12.4. The van der Waals surface area contributed by atoms with Crippen molar-refractivity contribution in [1.29, 1.82) is 0 Å². The molecule has 8 nitrogen and oxygen atoms in total. The molecule has 22 heavy (non-hydrogen) atoms.